The van der Waals surface area contributed by atoms with Crippen LogP contribution in [0.3, 0.4) is 0 Å². The fraction of sp³-hybridized carbons (Fsp3) is 0.308. The third-order valence-electron chi connectivity index (χ3n) is 5.11. The zero-order valence-corrected chi connectivity index (χ0v) is 19.5. The lowest BCUT2D eigenvalue weighted by Gasteiger charge is -2.11. The molecule has 0 atom stereocenters. The molecule has 0 aliphatic rings. The van der Waals surface area contributed by atoms with E-state index in [9.17, 15) is 0 Å². The van der Waals surface area contributed by atoms with E-state index in [4.69, 9.17) is 35.2 Å². The summed E-state index contributed by atoms with van der Waals surface area (Å²) in [5, 5.41) is 1.91. The van der Waals surface area contributed by atoms with Gasteiger partial charge in [0, 0.05) is 16.8 Å². The largest absolute Gasteiger partial charge is 0.491 e. The van der Waals surface area contributed by atoms with E-state index in [0.717, 1.165) is 27.6 Å². The molecule has 0 radical (unpaired) electrons. The minimum absolute atomic E-state index is 0.415. The Bertz CT molecular complexity index is 1240. The Morgan fingerprint density at radius 3 is 2.00 bits per heavy atom. The highest BCUT2D eigenvalue weighted by Gasteiger charge is 2.05. The predicted molar refractivity (Wildman–Crippen MR) is 136 cm³/mol. The van der Waals surface area contributed by atoms with Gasteiger partial charge in [-0.05, 0) is 42.5 Å². The molecule has 2 aromatic heterocycles. The monoisotopic (exact) mass is 478 g/mol. The summed E-state index contributed by atoms with van der Waals surface area (Å²) in [7, 11) is 0. The number of nitrogen functional groups attached to an aromatic ring is 2. The zero-order valence-electron chi connectivity index (χ0n) is 19.5. The molecule has 9 nitrogen and oxygen atoms in total. The molecule has 0 aliphatic heterocycles. The summed E-state index contributed by atoms with van der Waals surface area (Å²) >= 11 is 0. The fourth-order valence-electron chi connectivity index (χ4n) is 3.46. The minimum Gasteiger partial charge on any atom is -0.491 e. The Morgan fingerprint density at radius 2 is 1.23 bits per heavy atom. The number of hydrogen-bond acceptors (Lipinski definition) is 9. The molecule has 35 heavy (non-hydrogen) atoms. The molecule has 2 aromatic carbocycles. The maximum absolute atomic E-state index is 5.85. The van der Waals surface area contributed by atoms with Crippen molar-refractivity contribution in [1.29, 1.82) is 0 Å². The number of pyridine rings is 2. The number of rotatable bonds is 14. The molecular weight excluding hydrogens is 448 g/mol. The highest BCUT2D eigenvalue weighted by molar-refractivity contribution is 5.86. The van der Waals surface area contributed by atoms with Crippen LogP contribution in [0.2, 0.25) is 0 Å². The Labute approximate surface area is 203 Å². The van der Waals surface area contributed by atoms with Crippen molar-refractivity contribution in [3.63, 3.8) is 0 Å². The number of ether oxygens (including phenoxy) is 5. The van der Waals surface area contributed by atoms with Gasteiger partial charge in [-0.25, -0.2) is 9.97 Å². The molecule has 2 heterocycles. The van der Waals surface area contributed by atoms with Crippen molar-refractivity contribution in [2.75, 3.05) is 64.3 Å². The molecule has 0 saturated heterocycles. The van der Waals surface area contributed by atoms with Crippen LogP contribution < -0.4 is 20.9 Å². The standard InChI is InChI=1S/C26H30N4O5/c27-25-8-5-19-17-20(6-7-22(19)29-25)34-15-13-32-11-9-31-10-12-33-14-16-35-24-18-26(28)30-23-4-2-1-3-21(23)24/h1-8,17-18H,9-16H2,(H2,27,29)(H2,28,30). The van der Waals surface area contributed by atoms with E-state index >= 15 is 0 Å². The van der Waals surface area contributed by atoms with Crippen molar-refractivity contribution in [3.8, 4) is 11.5 Å². The SMILES string of the molecule is Nc1ccc2cc(OCCOCCOCCOCCOc3cc(N)nc4ccccc34)ccc2n1. The maximum atomic E-state index is 5.85. The summed E-state index contributed by atoms with van der Waals surface area (Å²) in [5.74, 6) is 2.41. The second kappa shape index (κ2) is 12.7. The number of benzene rings is 2. The molecule has 0 saturated carbocycles. The van der Waals surface area contributed by atoms with Crippen LogP contribution in [0.5, 0.6) is 11.5 Å². The molecule has 4 rings (SSSR count). The van der Waals surface area contributed by atoms with Gasteiger partial charge in [0.2, 0.25) is 0 Å². The van der Waals surface area contributed by atoms with Gasteiger partial charge in [0.25, 0.3) is 0 Å². The molecule has 4 aromatic rings. The molecule has 0 aliphatic carbocycles. The van der Waals surface area contributed by atoms with E-state index in [1.807, 2.05) is 48.5 Å². The molecule has 0 fully saturated rings. The van der Waals surface area contributed by atoms with Gasteiger partial charge in [0.1, 0.15) is 36.3 Å². The first-order chi connectivity index (χ1) is 17.2. The zero-order chi connectivity index (χ0) is 24.3. The van der Waals surface area contributed by atoms with Crippen LogP contribution in [0.25, 0.3) is 21.8 Å². The van der Waals surface area contributed by atoms with Crippen molar-refractivity contribution >= 4 is 33.4 Å². The first-order valence-electron chi connectivity index (χ1n) is 11.5. The van der Waals surface area contributed by atoms with Gasteiger partial charge >= 0.3 is 0 Å². The number of nitrogens with two attached hydrogens (primary N) is 2. The smallest absolute Gasteiger partial charge is 0.132 e. The van der Waals surface area contributed by atoms with Crippen molar-refractivity contribution < 1.29 is 23.7 Å². The second-order valence-corrected chi connectivity index (χ2v) is 7.69. The van der Waals surface area contributed by atoms with Crippen LogP contribution in [0.15, 0.2) is 60.7 Å². The van der Waals surface area contributed by atoms with E-state index in [2.05, 4.69) is 9.97 Å². The van der Waals surface area contributed by atoms with Gasteiger partial charge in [0.15, 0.2) is 0 Å². The maximum Gasteiger partial charge on any atom is 0.132 e. The number of aromatic nitrogens is 2. The summed E-state index contributed by atoms with van der Waals surface area (Å²) in [4.78, 5) is 8.57. The highest BCUT2D eigenvalue weighted by atomic mass is 16.6. The summed E-state index contributed by atoms with van der Waals surface area (Å²) in [6, 6.07) is 18.8. The number of fused-ring (bicyclic) bond motifs is 2. The summed E-state index contributed by atoms with van der Waals surface area (Å²) in [6.45, 7) is 3.74. The van der Waals surface area contributed by atoms with Gasteiger partial charge in [-0.1, -0.05) is 12.1 Å². The average Bonchev–Trinajstić information content (AvgIpc) is 2.86. The lowest BCUT2D eigenvalue weighted by atomic mass is 10.2. The van der Waals surface area contributed by atoms with E-state index in [1.54, 1.807) is 12.1 Å². The van der Waals surface area contributed by atoms with Gasteiger partial charge in [-0.3, -0.25) is 0 Å². The lowest BCUT2D eigenvalue weighted by molar-refractivity contribution is 0.00506. The Balaban J connectivity index is 1.00. The van der Waals surface area contributed by atoms with Crippen molar-refractivity contribution in [1.82, 2.24) is 9.97 Å². The molecule has 9 heteroatoms. The number of para-hydroxylation sites is 1. The molecular formula is C26H30N4O5. The van der Waals surface area contributed by atoms with E-state index in [0.29, 0.717) is 70.2 Å². The first-order valence-corrected chi connectivity index (χ1v) is 11.5. The van der Waals surface area contributed by atoms with Crippen LogP contribution in [0.4, 0.5) is 11.6 Å². The lowest BCUT2D eigenvalue weighted by Crippen LogP contribution is -2.14. The van der Waals surface area contributed by atoms with Crippen LogP contribution in [0, 0.1) is 0 Å². The minimum atomic E-state index is 0.415. The van der Waals surface area contributed by atoms with Gasteiger partial charge in [-0.2, -0.15) is 0 Å². The molecule has 0 unspecified atom stereocenters. The van der Waals surface area contributed by atoms with Crippen molar-refractivity contribution in [2.24, 2.45) is 0 Å². The Morgan fingerprint density at radius 1 is 0.571 bits per heavy atom. The van der Waals surface area contributed by atoms with E-state index in [-0.39, 0.29) is 0 Å². The van der Waals surface area contributed by atoms with Gasteiger partial charge < -0.3 is 35.2 Å². The number of anilines is 2. The molecule has 0 bridgehead atoms. The van der Waals surface area contributed by atoms with Gasteiger partial charge in [0.05, 0.1) is 50.7 Å². The Hall–Kier alpha value is -3.66. The fourth-order valence-corrected chi connectivity index (χ4v) is 3.46. The quantitative estimate of drug-likeness (QED) is 0.262. The Kier molecular flexibility index (Phi) is 8.88. The van der Waals surface area contributed by atoms with Crippen LogP contribution in [0.1, 0.15) is 0 Å². The van der Waals surface area contributed by atoms with Gasteiger partial charge in [-0.15, -0.1) is 0 Å². The molecule has 184 valence electrons. The normalized spacial score (nSPS) is 11.2. The first kappa shape index (κ1) is 24.5. The highest BCUT2D eigenvalue weighted by Crippen LogP contribution is 2.26. The predicted octanol–water partition coefficient (Wildman–Crippen LogP) is 3.46. The van der Waals surface area contributed by atoms with Crippen molar-refractivity contribution in [2.45, 2.75) is 0 Å². The van der Waals surface area contributed by atoms with Crippen LogP contribution >= 0.6 is 0 Å². The van der Waals surface area contributed by atoms with Crippen molar-refractivity contribution in [3.05, 3.63) is 60.7 Å². The number of nitrogens with zero attached hydrogens (tertiary/aromatic N) is 2. The topological polar surface area (TPSA) is 124 Å². The average molecular weight is 479 g/mol. The summed E-state index contributed by atoms with van der Waals surface area (Å²) < 4.78 is 28.2. The van der Waals surface area contributed by atoms with Crippen LogP contribution in [-0.2, 0) is 14.2 Å². The van der Waals surface area contributed by atoms with E-state index < -0.39 is 0 Å². The summed E-state index contributed by atoms with van der Waals surface area (Å²) in [5.41, 5.74) is 13.2. The molecule has 0 amide bonds. The second-order valence-electron chi connectivity index (χ2n) is 7.69. The number of hydrogen-bond donors (Lipinski definition) is 2. The van der Waals surface area contributed by atoms with E-state index in [1.165, 1.54) is 0 Å². The summed E-state index contributed by atoms with van der Waals surface area (Å²) in [6.07, 6.45) is 0. The molecule has 4 N–H and O–H groups in total. The third-order valence-corrected chi connectivity index (χ3v) is 5.11. The van der Waals surface area contributed by atoms with Crippen LogP contribution in [-0.4, -0.2) is 62.8 Å². The molecule has 0 spiro atoms. The third kappa shape index (κ3) is 7.41.